The zero-order valence-corrected chi connectivity index (χ0v) is 18.6. The Bertz CT molecular complexity index is 1230. The van der Waals surface area contributed by atoms with Crippen LogP contribution >= 0.6 is 0 Å². The van der Waals surface area contributed by atoms with Crippen molar-refractivity contribution in [3.05, 3.63) is 70.5 Å². The first-order valence-electron chi connectivity index (χ1n) is 10.4. The van der Waals surface area contributed by atoms with Crippen LogP contribution in [0.5, 0.6) is 0 Å². The van der Waals surface area contributed by atoms with Crippen LogP contribution in [-0.4, -0.2) is 27.5 Å². The van der Waals surface area contributed by atoms with Crippen LogP contribution in [0.25, 0.3) is 11.3 Å². The van der Waals surface area contributed by atoms with E-state index in [9.17, 15) is 19.2 Å². The highest BCUT2D eigenvalue weighted by Gasteiger charge is 2.15. The topological polar surface area (TPSA) is 122 Å². The molecule has 33 heavy (non-hydrogen) atoms. The van der Waals surface area contributed by atoms with E-state index in [1.165, 1.54) is 13.0 Å². The highest BCUT2D eigenvalue weighted by atomic mass is 16.2. The molecule has 3 N–H and O–H groups in total. The number of amides is 3. The Morgan fingerprint density at radius 1 is 0.879 bits per heavy atom. The van der Waals surface area contributed by atoms with Crippen LogP contribution in [0.1, 0.15) is 25.8 Å². The van der Waals surface area contributed by atoms with Crippen molar-refractivity contribution in [3.8, 4) is 11.3 Å². The SMILES string of the molecule is CCC(=O)Nc1cc(-c2ccc(C)cc2)nn(CC(=O)Nc2ccc(NC(C)=O)cc2)c1=O. The van der Waals surface area contributed by atoms with Crippen molar-refractivity contribution in [1.82, 2.24) is 9.78 Å². The van der Waals surface area contributed by atoms with Crippen molar-refractivity contribution < 1.29 is 14.4 Å². The van der Waals surface area contributed by atoms with Gasteiger partial charge < -0.3 is 16.0 Å². The third-order valence-electron chi connectivity index (χ3n) is 4.70. The lowest BCUT2D eigenvalue weighted by Crippen LogP contribution is -2.32. The number of nitrogens with zero attached hydrogens (tertiary/aromatic N) is 2. The van der Waals surface area contributed by atoms with Gasteiger partial charge in [0, 0.05) is 30.3 Å². The summed E-state index contributed by atoms with van der Waals surface area (Å²) >= 11 is 0. The minimum absolute atomic E-state index is 0.0554. The first-order valence-corrected chi connectivity index (χ1v) is 10.4. The molecule has 3 rings (SSSR count). The number of aromatic nitrogens is 2. The normalized spacial score (nSPS) is 10.4. The minimum atomic E-state index is -0.580. The molecule has 9 heteroatoms. The zero-order chi connectivity index (χ0) is 24.0. The monoisotopic (exact) mass is 447 g/mol. The van der Waals surface area contributed by atoms with Crippen LogP contribution in [0, 0.1) is 6.92 Å². The largest absolute Gasteiger partial charge is 0.326 e. The van der Waals surface area contributed by atoms with E-state index >= 15 is 0 Å². The molecule has 170 valence electrons. The molecule has 9 nitrogen and oxygen atoms in total. The smallest absolute Gasteiger partial charge is 0.291 e. The summed E-state index contributed by atoms with van der Waals surface area (Å²) in [6.45, 7) is 4.70. The number of aryl methyl sites for hydroxylation is 1. The average Bonchev–Trinajstić information content (AvgIpc) is 2.77. The molecule has 0 aliphatic rings. The van der Waals surface area contributed by atoms with Crippen molar-refractivity contribution in [3.63, 3.8) is 0 Å². The third kappa shape index (κ3) is 6.36. The van der Waals surface area contributed by atoms with Crippen LogP contribution in [-0.2, 0) is 20.9 Å². The van der Waals surface area contributed by atoms with Gasteiger partial charge in [0.15, 0.2) is 0 Å². The fourth-order valence-electron chi connectivity index (χ4n) is 3.02. The highest BCUT2D eigenvalue weighted by molar-refractivity contribution is 5.93. The van der Waals surface area contributed by atoms with Crippen molar-refractivity contribution in [2.75, 3.05) is 16.0 Å². The van der Waals surface area contributed by atoms with Gasteiger partial charge >= 0.3 is 0 Å². The lowest BCUT2D eigenvalue weighted by atomic mass is 10.1. The van der Waals surface area contributed by atoms with Gasteiger partial charge in [0.1, 0.15) is 12.2 Å². The second-order valence-electron chi connectivity index (χ2n) is 7.48. The van der Waals surface area contributed by atoms with Gasteiger partial charge in [-0.2, -0.15) is 5.10 Å². The van der Waals surface area contributed by atoms with Crippen molar-refractivity contribution >= 4 is 34.8 Å². The van der Waals surface area contributed by atoms with Gasteiger partial charge in [-0.05, 0) is 37.3 Å². The Morgan fingerprint density at radius 3 is 2.06 bits per heavy atom. The summed E-state index contributed by atoms with van der Waals surface area (Å²) < 4.78 is 1.03. The van der Waals surface area contributed by atoms with E-state index in [0.29, 0.717) is 17.1 Å². The first kappa shape index (κ1) is 23.4. The lowest BCUT2D eigenvalue weighted by Gasteiger charge is -2.12. The van der Waals surface area contributed by atoms with Crippen LogP contribution in [0.4, 0.5) is 17.1 Å². The number of hydrogen-bond acceptors (Lipinski definition) is 5. The summed E-state index contributed by atoms with van der Waals surface area (Å²) in [7, 11) is 0. The molecule has 0 spiro atoms. The fraction of sp³-hybridized carbons (Fsp3) is 0.208. The molecular weight excluding hydrogens is 422 g/mol. The molecule has 0 saturated heterocycles. The number of hydrogen-bond donors (Lipinski definition) is 3. The van der Waals surface area contributed by atoms with Gasteiger partial charge in [-0.1, -0.05) is 36.8 Å². The summed E-state index contributed by atoms with van der Waals surface area (Å²) in [6.07, 6.45) is 0.205. The predicted molar refractivity (Wildman–Crippen MR) is 127 cm³/mol. The second-order valence-corrected chi connectivity index (χ2v) is 7.48. The molecule has 0 aliphatic carbocycles. The summed E-state index contributed by atoms with van der Waals surface area (Å²) in [5, 5.41) is 12.3. The Hall–Kier alpha value is -4.27. The molecule has 0 unspecified atom stereocenters. The van der Waals surface area contributed by atoms with E-state index < -0.39 is 11.5 Å². The Balaban J connectivity index is 1.86. The summed E-state index contributed by atoms with van der Waals surface area (Å²) in [6, 6.07) is 15.6. The maximum atomic E-state index is 12.9. The third-order valence-corrected chi connectivity index (χ3v) is 4.70. The molecule has 1 aromatic heterocycles. The van der Waals surface area contributed by atoms with Crippen molar-refractivity contribution in [2.24, 2.45) is 0 Å². The first-order chi connectivity index (χ1) is 15.7. The molecule has 3 aromatic rings. The molecular formula is C24H25N5O4. The summed E-state index contributed by atoms with van der Waals surface area (Å²) in [5.74, 6) is -0.981. The van der Waals surface area contributed by atoms with Gasteiger partial charge in [0.05, 0.1) is 5.69 Å². The Kier molecular flexibility index (Phi) is 7.34. The number of anilines is 3. The van der Waals surface area contributed by atoms with Crippen LogP contribution < -0.4 is 21.5 Å². The van der Waals surface area contributed by atoms with E-state index in [4.69, 9.17) is 0 Å². The second kappa shape index (κ2) is 10.4. The number of rotatable bonds is 7. The van der Waals surface area contributed by atoms with Crippen LogP contribution in [0.15, 0.2) is 59.4 Å². The standard InChI is InChI=1S/C24H25N5O4/c1-4-22(31)27-21-13-20(17-7-5-15(2)6-8-17)28-29(24(21)33)14-23(32)26-19-11-9-18(10-12-19)25-16(3)30/h5-13H,4,14H2,1-3H3,(H,25,30)(H,26,32)(H,27,31). The zero-order valence-electron chi connectivity index (χ0n) is 18.6. The van der Waals surface area contributed by atoms with Gasteiger partial charge in [-0.15, -0.1) is 0 Å². The molecule has 0 radical (unpaired) electrons. The van der Waals surface area contributed by atoms with Crippen molar-refractivity contribution in [2.45, 2.75) is 33.7 Å². The van der Waals surface area contributed by atoms with Gasteiger partial charge in [-0.25, -0.2) is 4.68 Å². The van der Waals surface area contributed by atoms with Crippen LogP contribution in [0.2, 0.25) is 0 Å². The van der Waals surface area contributed by atoms with E-state index in [1.54, 1.807) is 31.2 Å². The quantitative estimate of drug-likeness (QED) is 0.514. The summed E-state index contributed by atoms with van der Waals surface area (Å²) in [4.78, 5) is 48.5. The summed E-state index contributed by atoms with van der Waals surface area (Å²) in [5.41, 5.74) is 2.83. The highest BCUT2D eigenvalue weighted by Crippen LogP contribution is 2.19. The van der Waals surface area contributed by atoms with E-state index in [1.807, 2.05) is 31.2 Å². The number of carbonyl (C=O) groups excluding carboxylic acids is 3. The minimum Gasteiger partial charge on any atom is -0.326 e. The molecule has 1 heterocycles. The number of carbonyl (C=O) groups is 3. The maximum absolute atomic E-state index is 12.9. The molecule has 0 aliphatic heterocycles. The van der Waals surface area contributed by atoms with E-state index in [2.05, 4.69) is 21.0 Å². The van der Waals surface area contributed by atoms with Gasteiger partial charge in [0.25, 0.3) is 5.56 Å². The molecule has 2 aromatic carbocycles. The molecule has 3 amide bonds. The average molecular weight is 447 g/mol. The van der Waals surface area contributed by atoms with Gasteiger partial charge in [0.2, 0.25) is 17.7 Å². The van der Waals surface area contributed by atoms with Crippen LogP contribution in [0.3, 0.4) is 0 Å². The van der Waals surface area contributed by atoms with Gasteiger partial charge in [-0.3, -0.25) is 19.2 Å². The van der Waals surface area contributed by atoms with E-state index in [0.717, 1.165) is 15.8 Å². The fourth-order valence-corrected chi connectivity index (χ4v) is 3.02. The molecule has 0 fully saturated rings. The number of nitrogens with one attached hydrogen (secondary N) is 3. The predicted octanol–water partition coefficient (Wildman–Crippen LogP) is 3.16. The van der Waals surface area contributed by atoms with E-state index in [-0.39, 0.29) is 30.5 Å². The molecule has 0 saturated carbocycles. The van der Waals surface area contributed by atoms with Crippen molar-refractivity contribution in [1.29, 1.82) is 0 Å². The Morgan fingerprint density at radius 2 is 1.48 bits per heavy atom. The maximum Gasteiger partial charge on any atom is 0.291 e. The number of benzene rings is 2. The Labute approximate surface area is 190 Å². The molecule has 0 bridgehead atoms. The molecule has 0 atom stereocenters. The lowest BCUT2D eigenvalue weighted by molar-refractivity contribution is -0.117.